The second-order valence-electron chi connectivity index (χ2n) is 2.76. The summed E-state index contributed by atoms with van der Waals surface area (Å²) in [5.74, 6) is -2.83. The molecule has 0 N–H and O–H groups in total. The minimum Gasteiger partial charge on any atom is -0.458 e. The van der Waals surface area contributed by atoms with E-state index < -0.39 is 23.2 Å². The molecule has 1 aromatic rings. The molecule has 15 heavy (non-hydrogen) atoms. The zero-order valence-electron chi connectivity index (χ0n) is 8.17. The Morgan fingerprint density at radius 3 is 2.53 bits per heavy atom. The van der Waals surface area contributed by atoms with Crippen molar-refractivity contribution in [2.24, 2.45) is 0 Å². The SMILES string of the molecule is C/C=C/COC(=O)c1c(F)cccc1F. The average molecular weight is 212 g/mol. The maximum Gasteiger partial charge on any atom is 0.344 e. The molecule has 0 amide bonds. The van der Waals surface area contributed by atoms with Gasteiger partial charge in [0.25, 0.3) is 0 Å². The molecule has 0 unspecified atom stereocenters. The Morgan fingerprint density at radius 1 is 1.40 bits per heavy atom. The Kier molecular flexibility index (Phi) is 3.97. The monoisotopic (exact) mass is 212 g/mol. The third kappa shape index (κ3) is 2.87. The molecule has 80 valence electrons. The van der Waals surface area contributed by atoms with Gasteiger partial charge in [-0.25, -0.2) is 13.6 Å². The van der Waals surface area contributed by atoms with Crippen molar-refractivity contribution < 1.29 is 18.3 Å². The first-order valence-electron chi connectivity index (χ1n) is 4.39. The van der Waals surface area contributed by atoms with Crippen molar-refractivity contribution in [1.82, 2.24) is 0 Å². The summed E-state index contributed by atoms with van der Waals surface area (Å²) in [6.07, 6.45) is 3.24. The first-order valence-corrected chi connectivity index (χ1v) is 4.39. The smallest absolute Gasteiger partial charge is 0.344 e. The van der Waals surface area contributed by atoms with Crippen LogP contribution in [0, 0.1) is 11.6 Å². The van der Waals surface area contributed by atoms with E-state index in [1.54, 1.807) is 19.1 Å². The van der Waals surface area contributed by atoms with Crippen LogP contribution in [0.2, 0.25) is 0 Å². The Hall–Kier alpha value is -1.71. The molecule has 0 aliphatic carbocycles. The summed E-state index contributed by atoms with van der Waals surface area (Å²) >= 11 is 0. The summed E-state index contributed by atoms with van der Waals surface area (Å²) in [7, 11) is 0. The van der Waals surface area contributed by atoms with Gasteiger partial charge in [0.1, 0.15) is 23.8 Å². The van der Waals surface area contributed by atoms with Crippen molar-refractivity contribution in [3.63, 3.8) is 0 Å². The zero-order chi connectivity index (χ0) is 11.3. The largest absolute Gasteiger partial charge is 0.458 e. The molecule has 2 nitrogen and oxygen atoms in total. The standard InChI is InChI=1S/C11H10F2O2/c1-2-3-7-15-11(14)10-8(12)5-4-6-9(10)13/h2-6H,7H2,1H3/b3-2+. The van der Waals surface area contributed by atoms with Crippen LogP contribution < -0.4 is 0 Å². The van der Waals surface area contributed by atoms with Crippen molar-refractivity contribution in [3.8, 4) is 0 Å². The number of ether oxygens (including phenoxy) is 1. The molecule has 0 saturated heterocycles. The Balaban J connectivity index is 2.82. The number of allylic oxidation sites excluding steroid dienone is 1. The van der Waals surface area contributed by atoms with Gasteiger partial charge in [0.2, 0.25) is 0 Å². The van der Waals surface area contributed by atoms with E-state index in [1.165, 1.54) is 6.07 Å². The molecule has 4 heteroatoms. The quantitative estimate of drug-likeness (QED) is 0.568. The Bertz CT molecular complexity index is 366. The van der Waals surface area contributed by atoms with Gasteiger partial charge >= 0.3 is 5.97 Å². The van der Waals surface area contributed by atoms with Gasteiger partial charge in [-0.15, -0.1) is 0 Å². The third-order valence-corrected chi connectivity index (χ3v) is 1.71. The Labute approximate surface area is 86.2 Å². The molecule has 0 saturated carbocycles. The molecule has 0 heterocycles. The van der Waals surface area contributed by atoms with Crippen LogP contribution in [0.4, 0.5) is 8.78 Å². The van der Waals surface area contributed by atoms with E-state index >= 15 is 0 Å². The molecule has 1 rings (SSSR count). The molecule has 0 spiro atoms. The first kappa shape index (κ1) is 11.4. The number of rotatable bonds is 3. The van der Waals surface area contributed by atoms with Crippen molar-refractivity contribution in [1.29, 1.82) is 0 Å². The fourth-order valence-corrected chi connectivity index (χ4v) is 0.985. The molecule has 0 aliphatic heterocycles. The Morgan fingerprint density at radius 2 is 2.00 bits per heavy atom. The number of esters is 1. The van der Waals surface area contributed by atoms with Gasteiger partial charge < -0.3 is 4.74 Å². The van der Waals surface area contributed by atoms with Gasteiger partial charge in [0.15, 0.2) is 0 Å². The van der Waals surface area contributed by atoms with E-state index in [0.717, 1.165) is 12.1 Å². The number of halogens is 2. The first-order chi connectivity index (χ1) is 7.16. The second-order valence-corrected chi connectivity index (χ2v) is 2.76. The van der Waals surface area contributed by atoms with Gasteiger partial charge in [-0.3, -0.25) is 0 Å². The minimum absolute atomic E-state index is 0.00308. The van der Waals surface area contributed by atoms with Crippen LogP contribution in [0.3, 0.4) is 0 Å². The topological polar surface area (TPSA) is 26.3 Å². The van der Waals surface area contributed by atoms with Gasteiger partial charge in [-0.05, 0) is 19.1 Å². The lowest BCUT2D eigenvalue weighted by Crippen LogP contribution is -2.10. The van der Waals surface area contributed by atoms with Crippen LogP contribution >= 0.6 is 0 Å². The van der Waals surface area contributed by atoms with E-state index in [-0.39, 0.29) is 6.61 Å². The maximum atomic E-state index is 13.1. The number of hydrogen-bond acceptors (Lipinski definition) is 2. The third-order valence-electron chi connectivity index (χ3n) is 1.71. The van der Waals surface area contributed by atoms with E-state index in [4.69, 9.17) is 0 Å². The second kappa shape index (κ2) is 5.24. The van der Waals surface area contributed by atoms with Crippen LogP contribution in [-0.2, 0) is 4.74 Å². The fourth-order valence-electron chi connectivity index (χ4n) is 0.985. The highest BCUT2D eigenvalue weighted by atomic mass is 19.1. The highest BCUT2D eigenvalue weighted by Gasteiger charge is 2.17. The molecule has 0 aliphatic rings. The number of carbonyl (C=O) groups is 1. The van der Waals surface area contributed by atoms with Crippen molar-refractivity contribution >= 4 is 5.97 Å². The normalized spacial score (nSPS) is 10.6. The number of hydrogen-bond donors (Lipinski definition) is 0. The van der Waals surface area contributed by atoms with E-state index in [0.29, 0.717) is 0 Å². The number of carbonyl (C=O) groups excluding carboxylic acids is 1. The highest BCUT2D eigenvalue weighted by molar-refractivity contribution is 5.90. The van der Waals surface area contributed by atoms with Gasteiger partial charge in [-0.1, -0.05) is 18.2 Å². The predicted molar refractivity (Wildman–Crippen MR) is 51.5 cm³/mol. The van der Waals surface area contributed by atoms with Crippen LogP contribution in [0.5, 0.6) is 0 Å². The summed E-state index contributed by atoms with van der Waals surface area (Å²) < 4.78 is 30.7. The van der Waals surface area contributed by atoms with Crippen molar-refractivity contribution in [2.45, 2.75) is 6.92 Å². The minimum atomic E-state index is -0.997. The number of benzene rings is 1. The van der Waals surface area contributed by atoms with Gasteiger partial charge in [-0.2, -0.15) is 0 Å². The van der Waals surface area contributed by atoms with Gasteiger partial charge in [0, 0.05) is 0 Å². The molecular formula is C11H10F2O2. The lowest BCUT2D eigenvalue weighted by molar-refractivity contribution is 0.0538. The fraction of sp³-hybridized carbons (Fsp3) is 0.182. The van der Waals surface area contributed by atoms with Crippen LogP contribution in [-0.4, -0.2) is 12.6 Å². The average Bonchev–Trinajstić information content (AvgIpc) is 2.18. The summed E-state index contributed by atoms with van der Waals surface area (Å²) in [6, 6.07) is 3.21. The summed E-state index contributed by atoms with van der Waals surface area (Å²) in [5.41, 5.74) is -0.651. The van der Waals surface area contributed by atoms with Crippen LogP contribution in [0.1, 0.15) is 17.3 Å². The zero-order valence-corrected chi connectivity index (χ0v) is 8.17. The molecule has 0 fully saturated rings. The van der Waals surface area contributed by atoms with Crippen molar-refractivity contribution in [3.05, 3.63) is 47.5 Å². The summed E-state index contributed by atoms with van der Waals surface area (Å²) in [6.45, 7) is 1.75. The van der Waals surface area contributed by atoms with Crippen molar-refractivity contribution in [2.75, 3.05) is 6.61 Å². The van der Waals surface area contributed by atoms with E-state index in [2.05, 4.69) is 4.74 Å². The van der Waals surface area contributed by atoms with Crippen LogP contribution in [0.25, 0.3) is 0 Å². The lowest BCUT2D eigenvalue weighted by atomic mass is 10.2. The van der Waals surface area contributed by atoms with E-state index in [9.17, 15) is 13.6 Å². The molecule has 0 aromatic heterocycles. The predicted octanol–water partition coefficient (Wildman–Crippen LogP) is 2.70. The lowest BCUT2D eigenvalue weighted by Gasteiger charge is -2.03. The highest BCUT2D eigenvalue weighted by Crippen LogP contribution is 2.13. The van der Waals surface area contributed by atoms with E-state index in [1.807, 2.05) is 0 Å². The molecular weight excluding hydrogens is 202 g/mol. The molecule has 0 radical (unpaired) electrons. The molecule has 0 bridgehead atoms. The molecule has 0 atom stereocenters. The van der Waals surface area contributed by atoms with Crippen LogP contribution in [0.15, 0.2) is 30.4 Å². The summed E-state index contributed by atoms with van der Waals surface area (Å²) in [4.78, 5) is 11.2. The van der Waals surface area contributed by atoms with Gasteiger partial charge in [0.05, 0.1) is 0 Å². The molecule has 1 aromatic carbocycles. The maximum absolute atomic E-state index is 13.1. The summed E-state index contributed by atoms with van der Waals surface area (Å²) in [5, 5.41) is 0.